The van der Waals surface area contributed by atoms with Gasteiger partial charge in [-0.2, -0.15) is 0 Å². The molecule has 2 aromatic rings. The highest BCUT2D eigenvalue weighted by molar-refractivity contribution is 5.75. The predicted molar refractivity (Wildman–Crippen MR) is 68.2 cm³/mol. The number of benzene rings is 1. The van der Waals surface area contributed by atoms with Crippen LogP contribution in [0.25, 0.3) is 11.0 Å². The van der Waals surface area contributed by atoms with Crippen LogP contribution < -0.4 is 11.0 Å². The van der Waals surface area contributed by atoms with E-state index in [9.17, 15) is 4.79 Å². The monoisotopic (exact) mass is 231 g/mol. The molecule has 0 amide bonds. The summed E-state index contributed by atoms with van der Waals surface area (Å²) in [6.07, 6.45) is 1.02. The number of para-hydroxylation sites is 2. The van der Waals surface area contributed by atoms with E-state index in [0.29, 0.717) is 12.0 Å². The van der Waals surface area contributed by atoms with E-state index in [1.165, 1.54) is 0 Å². The van der Waals surface area contributed by atoms with Gasteiger partial charge in [0.1, 0.15) is 0 Å². The molecule has 2 N–H and O–H groups in total. The van der Waals surface area contributed by atoms with Gasteiger partial charge < -0.3 is 10.3 Å². The lowest BCUT2D eigenvalue weighted by molar-refractivity contribution is 0.274. The second-order valence-corrected chi connectivity index (χ2v) is 4.85. The number of hydrogen-bond donors (Lipinski definition) is 2. The maximum atomic E-state index is 12.1. The topological polar surface area (TPSA) is 49.8 Å². The first-order chi connectivity index (χ1) is 8.27. The van der Waals surface area contributed by atoms with Gasteiger partial charge >= 0.3 is 5.69 Å². The molecule has 4 nitrogen and oxygen atoms in total. The Hall–Kier alpha value is -1.55. The molecule has 1 saturated heterocycles. The van der Waals surface area contributed by atoms with E-state index in [1.807, 2.05) is 28.8 Å². The number of aromatic nitrogens is 2. The van der Waals surface area contributed by atoms with Crippen molar-refractivity contribution < 1.29 is 0 Å². The lowest BCUT2D eigenvalue weighted by Crippen LogP contribution is -2.39. The van der Waals surface area contributed by atoms with E-state index in [-0.39, 0.29) is 5.69 Å². The summed E-state index contributed by atoms with van der Waals surface area (Å²) in [6.45, 7) is 4.17. The first-order valence-corrected chi connectivity index (χ1v) is 6.17. The number of aromatic amines is 1. The minimum absolute atomic E-state index is 0.0185. The fourth-order valence-corrected chi connectivity index (χ4v) is 2.79. The van der Waals surface area contributed by atoms with Crippen LogP contribution in [0.4, 0.5) is 0 Å². The third kappa shape index (κ3) is 1.69. The Morgan fingerprint density at radius 2 is 2.18 bits per heavy atom. The van der Waals surface area contributed by atoms with Crippen LogP contribution in [0.2, 0.25) is 0 Å². The summed E-state index contributed by atoms with van der Waals surface area (Å²) in [7, 11) is 0. The van der Waals surface area contributed by atoms with Crippen molar-refractivity contribution in [2.75, 3.05) is 13.1 Å². The molecule has 1 aliphatic rings. The molecule has 1 aromatic carbocycles. The molecule has 0 radical (unpaired) electrons. The van der Waals surface area contributed by atoms with Crippen molar-refractivity contribution in [2.45, 2.75) is 19.4 Å². The molecule has 1 aromatic heterocycles. The third-order valence-electron chi connectivity index (χ3n) is 3.70. The summed E-state index contributed by atoms with van der Waals surface area (Å²) in [5.74, 6) is 0.487. The van der Waals surface area contributed by atoms with E-state index in [4.69, 9.17) is 0 Å². The van der Waals surface area contributed by atoms with Crippen molar-refractivity contribution in [3.63, 3.8) is 0 Å². The van der Waals surface area contributed by atoms with Crippen molar-refractivity contribution in [1.82, 2.24) is 14.9 Å². The number of hydrogen-bond acceptors (Lipinski definition) is 2. The first kappa shape index (κ1) is 10.6. The van der Waals surface area contributed by atoms with Crippen LogP contribution in [0.1, 0.15) is 19.4 Å². The number of nitrogens with one attached hydrogen (secondary N) is 2. The highest BCUT2D eigenvalue weighted by Gasteiger charge is 2.25. The van der Waals surface area contributed by atoms with E-state index in [2.05, 4.69) is 17.2 Å². The minimum atomic E-state index is 0.0185. The lowest BCUT2D eigenvalue weighted by atomic mass is 9.95. The molecule has 1 fully saturated rings. The molecule has 3 rings (SSSR count). The van der Waals surface area contributed by atoms with Crippen LogP contribution in [0, 0.1) is 5.92 Å². The Kier molecular flexibility index (Phi) is 2.52. The van der Waals surface area contributed by atoms with Gasteiger partial charge in [-0.3, -0.25) is 4.57 Å². The van der Waals surface area contributed by atoms with Crippen LogP contribution in [0.3, 0.4) is 0 Å². The fourth-order valence-electron chi connectivity index (χ4n) is 2.79. The summed E-state index contributed by atoms with van der Waals surface area (Å²) >= 11 is 0. The van der Waals surface area contributed by atoms with Gasteiger partial charge in [-0.25, -0.2) is 4.79 Å². The van der Waals surface area contributed by atoms with Gasteiger partial charge in [0.2, 0.25) is 0 Å². The van der Waals surface area contributed by atoms with Gasteiger partial charge in [0.05, 0.1) is 11.0 Å². The number of H-pyrrole nitrogens is 1. The Morgan fingerprint density at radius 1 is 1.35 bits per heavy atom. The zero-order valence-corrected chi connectivity index (χ0v) is 9.94. The van der Waals surface area contributed by atoms with Gasteiger partial charge in [0.25, 0.3) is 0 Å². The van der Waals surface area contributed by atoms with Crippen molar-refractivity contribution >= 4 is 11.0 Å². The average molecular weight is 231 g/mol. The van der Waals surface area contributed by atoms with E-state index >= 15 is 0 Å². The molecule has 2 unspecified atom stereocenters. The summed E-state index contributed by atoms with van der Waals surface area (Å²) in [6, 6.07) is 8.22. The summed E-state index contributed by atoms with van der Waals surface area (Å²) in [4.78, 5) is 15.0. The number of imidazole rings is 1. The van der Waals surface area contributed by atoms with E-state index in [1.54, 1.807) is 0 Å². The van der Waals surface area contributed by atoms with Crippen molar-refractivity contribution in [3.05, 3.63) is 34.7 Å². The second kappa shape index (κ2) is 4.04. The van der Waals surface area contributed by atoms with Crippen molar-refractivity contribution in [1.29, 1.82) is 0 Å². The maximum Gasteiger partial charge on any atom is 0.326 e. The van der Waals surface area contributed by atoms with Gasteiger partial charge in [-0.15, -0.1) is 0 Å². The summed E-state index contributed by atoms with van der Waals surface area (Å²) in [5, 5.41) is 3.37. The van der Waals surface area contributed by atoms with Gasteiger partial charge in [0, 0.05) is 6.04 Å². The molecule has 2 atom stereocenters. The molecule has 90 valence electrons. The van der Waals surface area contributed by atoms with Crippen LogP contribution in [0.5, 0.6) is 0 Å². The Morgan fingerprint density at radius 3 is 3.00 bits per heavy atom. The molecule has 17 heavy (non-hydrogen) atoms. The van der Waals surface area contributed by atoms with Crippen LogP contribution in [0.15, 0.2) is 29.1 Å². The van der Waals surface area contributed by atoms with Crippen LogP contribution in [-0.2, 0) is 0 Å². The molecule has 4 heteroatoms. The zero-order chi connectivity index (χ0) is 11.8. The van der Waals surface area contributed by atoms with E-state index < -0.39 is 0 Å². The predicted octanol–water partition coefficient (Wildman–Crippen LogP) is 1.50. The lowest BCUT2D eigenvalue weighted by Gasteiger charge is -2.30. The normalized spacial score (nSPS) is 25.2. The maximum absolute atomic E-state index is 12.1. The molecule has 0 bridgehead atoms. The quantitative estimate of drug-likeness (QED) is 0.781. The van der Waals surface area contributed by atoms with Crippen LogP contribution in [-0.4, -0.2) is 22.6 Å². The minimum Gasteiger partial charge on any atom is -0.316 e. The number of fused-ring (bicyclic) bond motifs is 1. The summed E-state index contributed by atoms with van der Waals surface area (Å²) < 4.78 is 1.93. The molecule has 1 aliphatic heterocycles. The van der Waals surface area contributed by atoms with Gasteiger partial charge in [0.15, 0.2) is 0 Å². The number of rotatable bonds is 1. The highest BCUT2D eigenvalue weighted by Crippen LogP contribution is 2.26. The molecular weight excluding hydrogens is 214 g/mol. The number of piperidine rings is 1. The average Bonchev–Trinajstić information content (AvgIpc) is 2.66. The second-order valence-electron chi connectivity index (χ2n) is 4.85. The molecule has 0 spiro atoms. The zero-order valence-electron chi connectivity index (χ0n) is 9.94. The Balaban J connectivity index is 2.15. The molecule has 0 aliphatic carbocycles. The molecular formula is C13H17N3O. The Labute approximate surface area is 99.6 Å². The largest absolute Gasteiger partial charge is 0.326 e. The smallest absolute Gasteiger partial charge is 0.316 e. The number of nitrogens with zero attached hydrogens (tertiary/aromatic N) is 1. The molecule has 0 saturated carbocycles. The molecule has 2 heterocycles. The standard InChI is InChI=1S/C13H17N3O/c1-9-8-14-7-6-11(9)16-12-5-3-2-4-10(12)15-13(16)17/h2-5,9,11,14H,6-8H2,1H3,(H,15,17). The van der Waals surface area contributed by atoms with Crippen molar-refractivity contribution in [3.8, 4) is 0 Å². The SMILES string of the molecule is CC1CNCCC1n1c(=O)[nH]c2ccccc21. The van der Waals surface area contributed by atoms with Gasteiger partial charge in [-0.1, -0.05) is 19.1 Å². The first-order valence-electron chi connectivity index (χ1n) is 6.17. The summed E-state index contributed by atoms with van der Waals surface area (Å²) in [5.41, 5.74) is 1.98. The van der Waals surface area contributed by atoms with Gasteiger partial charge in [-0.05, 0) is 37.6 Å². The highest BCUT2D eigenvalue weighted by atomic mass is 16.1. The van der Waals surface area contributed by atoms with E-state index in [0.717, 1.165) is 30.5 Å². The fraction of sp³-hybridized carbons (Fsp3) is 0.462. The van der Waals surface area contributed by atoms with Crippen LogP contribution >= 0.6 is 0 Å². The van der Waals surface area contributed by atoms with Crippen molar-refractivity contribution in [2.24, 2.45) is 5.92 Å². The third-order valence-corrected chi connectivity index (χ3v) is 3.70. The Bertz CT molecular complexity index is 584.